The van der Waals surface area contributed by atoms with Gasteiger partial charge in [-0.25, -0.2) is 0 Å². The fourth-order valence-corrected chi connectivity index (χ4v) is 3.31. The summed E-state index contributed by atoms with van der Waals surface area (Å²) in [6.07, 6.45) is 6.35. The molecule has 0 aliphatic carbocycles. The second-order valence-corrected chi connectivity index (χ2v) is 6.93. The van der Waals surface area contributed by atoms with E-state index in [9.17, 15) is 14.9 Å². The van der Waals surface area contributed by atoms with Gasteiger partial charge in [-0.2, -0.15) is 0 Å². The lowest BCUT2D eigenvalue weighted by atomic mass is 10.2. The monoisotopic (exact) mass is 386 g/mol. The molecule has 2 N–H and O–H groups in total. The number of nitrogens with zero attached hydrogens (tertiary/aromatic N) is 4. The van der Waals surface area contributed by atoms with Crippen molar-refractivity contribution >= 4 is 17.3 Å². The summed E-state index contributed by atoms with van der Waals surface area (Å²) in [5.74, 6) is 2.04. The van der Waals surface area contributed by atoms with Crippen molar-refractivity contribution in [2.75, 3.05) is 18.4 Å². The van der Waals surface area contributed by atoms with Crippen LogP contribution in [0, 0.1) is 10.1 Å². The Labute approximate surface area is 163 Å². The number of amides is 1. The third-order valence-electron chi connectivity index (χ3n) is 4.84. The number of nitro benzene ring substituents is 1. The number of aromatic nitrogens is 3. The van der Waals surface area contributed by atoms with Crippen LogP contribution in [0.5, 0.6) is 0 Å². The highest BCUT2D eigenvalue weighted by Gasteiger charge is 2.14. The molecule has 9 heteroatoms. The van der Waals surface area contributed by atoms with Crippen molar-refractivity contribution < 1.29 is 9.72 Å². The Morgan fingerprint density at radius 3 is 2.75 bits per heavy atom. The zero-order valence-electron chi connectivity index (χ0n) is 15.9. The molecule has 3 rings (SSSR count). The van der Waals surface area contributed by atoms with E-state index in [2.05, 4.69) is 25.4 Å². The zero-order valence-corrected chi connectivity index (χ0v) is 15.9. The van der Waals surface area contributed by atoms with Crippen molar-refractivity contribution in [3.63, 3.8) is 0 Å². The molecule has 0 bridgehead atoms. The summed E-state index contributed by atoms with van der Waals surface area (Å²) in [5, 5.41) is 25.3. The van der Waals surface area contributed by atoms with Crippen LogP contribution in [0.15, 0.2) is 24.3 Å². The van der Waals surface area contributed by atoms with Crippen LogP contribution >= 0.6 is 0 Å². The van der Waals surface area contributed by atoms with E-state index in [1.807, 2.05) is 0 Å². The summed E-state index contributed by atoms with van der Waals surface area (Å²) in [7, 11) is 0. The molecule has 1 amide bonds. The topological polar surface area (TPSA) is 115 Å². The molecule has 0 radical (unpaired) electrons. The fourth-order valence-electron chi connectivity index (χ4n) is 3.31. The van der Waals surface area contributed by atoms with Gasteiger partial charge >= 0.3 is 0 Å². The molecule has 0 saturated heterocycles. The third kappa shape index (κ3) is 5.51. The molecule has 1 aliphatic rings. The summed E-state index contributed by atoms with van der Waals surface area (Å²) in [4.78, 5) is 22.2. The van der Waals surface area contributed by atoms with Crippen molar-refractivity contribution in [3.8, 4) is 0 Å². The zero-order chi connectivity index (χ0) is 19.8. The van der Waals surface area contributed by atoms with Gasteiger partial charge in [0.1, 0.15) is 11.6 Å². The van der Waals surface area contributed by atoms with Gasteiger partial charge in [-0.1, -0.05) is 6.42 Å². The number of anilines is 1. The summed E-state index contributed by atoms with van der Waals surface area (Å²) >= 11 is 0. The van der Waals surface area contributed by atoms with Crippen LogP contribution in [-0.2, 0) is 24.2 Å². The normalized spacial score (nSPS) is 13.4. The van der Waals surface area contributed by atoms with Crippen molar-refractivity contribution in [3.05, 3.63) is 46.0 Å². The predicted octanol–water partition coefficient (Wildman–Crippen LogP) is 2.46. The Morgan fingerprint density at radius 2 is 1.96 bits per heavy atom. The number of benzene rings is 1. The number of fused-ring (bicyclic) bond motifs is 1. The third-order valence-corrected chi connectivity index (χ3v) is 4.84. The Balaban J connectivity index is 1.32. The molecule has 0 spiro atoms. The van der Waals surface area contributed by atoms with Gasteiger partial charge in [0, 0.05) is 56.7 Å². The second kappa shape index (κ2) is 9.82. The molecule has 9 nitrogen and oxygen atoms in total. The average Bonchev–Trinajstić information content (AvgIpc) is 2.92. The van der Waals surface area contributed by atoms with Crippen LogP contribution in [-0.4, -0.2) is 38.7 Å². The number of aryl methyl sites for hydroxylation is 1. The van der Waals surface area contributed by atoms with Crippen molar-refractivity contribution in [1.82, 2.24) is 20.1 Å². The largest absolute Gasteiger partial charge is 0.385 e. The minimum Gasteiger partial charge on any atom is -0.385 e. The number of hydrogen-bond donors (Lipinski definition) is 2. The van der Waals surface area contributed by atoms with Gasteiger partial charge in [-0.15, -0.1) is 10.2 Å². The van der Waals surface area contributed by atoms with E-state index >= 15 is 0 Å². The van der Waals surface area contributed by atoms with Crippen molar-refractivity contribution in [2.24, 2.45) is 0 Å². The first-order chi connectivity index (χ1) is 13.6. The van der Waals surface area contributed by atoms with E-state index in [1.165, 1.54) is 25.0 Å². The smallest absolute Gasteiger partial charge is 0.269 e. The highest BCUT2D eigenvalue weighted by atomic mass is 16.6. The Bertz CT molecular complexity index is 803. The van der Waals surface area contributed by atoms with Crippen LogP contribution in [0.3, 0.4) is 0 Å². The van der Waals surface area contributed by atoms with E-state index in [0.717, 1.165) is 36.7 Å². The molecule has 1 aromatic carbocycles. The maximum Gasteiger partial charge on any atom is 0.269 e. The van der Waals surface area contributed by atoms with E-state index in [4.69, 9.17) is 0 Å². The molecule has 0 atom stereocenters. The van der Waals surface area contributed by atoms with Gasteiger partial charge in [0.15, 0.2) is 0 Å². The van der Waals surface area contributed by atoms with Crippen LogP contribution < -0.4 is 10.6 Å². The van der Waals surface area contributed by atoms with Gasteiger partial charge < -0.3 is 15.2 Å². The molecule has 1 aromatic heterocycles. The first-order valence-electron chi connectivity index (χ1n) is 9.79. The molecular formula is C19H26N6O3. The number of hydrogen-bond acceptors (Lipinski definition) is 6. The van der Waals surface area contributed by atoms with Gasteiger partial charge in [0.2, 0.25) is 5.91 Å². The van der Waals surface area contributed by atoms with E-state index in [-0.39, 0.29) is 11.6 Å². The fraction of sp³-hybridized carbons (Fsp3) is 0.526. The molecule has 0 unspecified atom stereocenters. The number of nitrogens with one attached hydrogen (secondary N) is 2. The van der Waals surface area contributed by atoms with E-state index in [1.54, 1.807) is 12.1 Å². The lowest BCUT2D eigenvalue weighted by Crippen LogP contribution is -2.26. The number of non-ortho nitro benzene ring substituents is 1. The van der Waals surface area contributed by atoms with Gasteiger partial charge in [0.25, 0.3) is 5.69 Å². The lowest BCUT2D eigenvalue weighted by Gasteiger charge is -2.09. The molecule has 150 valence electrons. The first kappa shape index (κ1) is 19.8. The predicted molar refractivity (Wildman–Crippen MR) is 105 cm³/mol. The quantitative estimate of drug-likeness (QED) is 0.389. The Hall–Kier alpha value is -2.97. The molecular weight excluding hydrogens is 360 g/mol. The highest BCUT2D eigenvalue weighted by Crippen LogP contribution is 2.16. The van der Waals surface area contributed by atoms with Gasteiger partial charge in [0.05, 0.1) is 4.92 Å². The molecule has 2 aromatic rings. The summed E-state index contributed by atoms with van der Waals surface area (Å²) in [5.41, 5.74) is 0.869. The lowest BCUT2D eigenvalue weighted by molar-refractivity contribution is -0.384. The summed E-state index contributed by atoms with van der Waals surface area (Å²) < 4.78 is 2.20. The molecule has 1 aliphatic heterocycles. The van der Waals surface area contributed by atoms with Crippen molar-refractivity contribution in [2.45, 2.75) is 51.5 Å². The average molecular weight is 386 g/mol. The number of rotatable bonds is 9. The Kier molecular flexibility index (Phi) is 6.94. The molecule has 0 saturated carbocycles. The molecule has 28 heavy (non-hydrogen) atoms. The maximum absolute atomic E-state index is 12.0. The van der Waals surface area contributed by atoms with Crippen LogP contribution in [0.2, 0.25) is 0 Å². The standard InChI is InChI=1S/C19H26N6O3/c26-19(6-4-12-20-15-7-9-16(10-8-15)25(27)28)21-13-11-18-23-22-17-5-2-1-3-14-24(17)18/h7-10,20H,1-6,11-14H2,(H,21,26). The second-order valence-electron chi connectivity index (χ2n) is 6.93. The summed E-state index contributed by atoms with van der Waals surface area (Å²) in [6, 6.07) is 6.25. The van der Waals surface area contributed by atoms with Crippen LogP contribution in [0.1, 0.15) is 43.8 Å². The maximum atomic E-state index is 12.0. The minimum atomic E-state index is -0.426. The van der Waals surface area contributed by atoms with E-state index < -0.39 is 4.92 Å². The number of nitro groups is 1. The minimum absolute atomic E-state index is 0.0149. The molecule has 0 fully saturated rings. The first-order valence-corrected chi connectivity index (χ1v) is 9.79. The van der Waals surface area contributed by atoms with Crippen LogP contribution in [0.4, 0.5) is 11.4 Å². The van der Waals surface area contributed by atoms with Crippen molar-refractivity contribution in [1.29, 1.82) is 0 Å². The van der Waals surface area contributed by atoms with Crippen LogP contribution in [0.25, 0.3) is 0 Å². The summed E-state index contributed by atoms with van der Waals surface area (Å²) in [6.45, 7) is 2.16. The van der Waals surface area contributed by atoms with Gasteiger partial charge in [-0.3, -0.25) is 14.9 Å². The Morgan fingerprint density at radius 1 is 1.14 bits per heavy atom. The molecule has 2 heterocycles. The number of carbonyl (C=O) groups excluding carboxylic acids is 1. The van der Waals surface area contributed by atoms with Gasteiger partial charge in [-0.05, 0) is 31.4 Å². The SMILES string of the molecule is O=C(CCCNc1ccc([N+](=O)[O-])cc1)NCCc1nnc2n1CCCCC2. The highest BCUT2D eigenvalue weighted by molar-refractivity contribution is 5.75. The van der Waals surface area contributed by atoms with E-state index in [0.29, 0.717) is 32.4 Å². The number of carbonyl (C=O) groups is 1.